The van der Waals surface area contributed by atoms with Crippen molar-refractivity contribution in [3.05, 3.63) is 59.7 Å². The minimum atomic E-state index is -3.55. The van der Waals surface area contributed by atoms with Crippen molar-refractivity contribution in [2.24, 2.45) is 0 Å². The molecule has 1 aliphatic rings. The molecule has 1 unspecified atom stereocenters. The lowest BCUT2D eigenvalue weighted by molar-refractivity contribution is 0.102. The van der Waals surface area contributed by atoms with E-state index in [2.05, 4.69) is 5.32 Å². The summed E-state index contributed by atoms with van der Waals surface area (Å²) in [5, 5.41) is 11.5. The van der Waals surface area contributed by atoms with E-state index in [9.17, 15) is 13.2 Å². The van der Waals surface area contributed by atoms with Gasteiger partial charge in [-0.3, -0.25) is 4.79 Å². The van der Waals surface area contributed by atoms with E-state index in [1.165, 1.54) is 24.3 Å². The van der Waals surface area contributed by atoms with E-state index in [0.29, 0.717) is 23.4 Å². The highest BCUT2D eigenvalue weighted by molar-refractivity contribution is 7.89. The van der Waals surface area contributed by atoms with Gasteiger partial charge < -0.3 is 5.32 Å². The maximum absolute atomic E-state index is 12.8. The molecule has 140 valence electrons. The molecule has 3 rings (SSSR count). The van der Waals surface area contributed by atoms with Crippen LogP contribution in [0.15, 0.2) is 53.4 Å². The first-order valence-electron chi connectivity index (χ1n) is 8.85. The molecule has 2 aromatic rings. The molecule has 1 amide bonds. The first-order chi connectivity index (χ1) is 12.9. The Balaban J connectivity index is 1.74. The van der Waals surface area contributed by atoms with Crippen LogP contribution in [-0.4, -0.2) is 31.2 Å². The molecular weight excluding hydrogens is 362 g/mol. The number of nitriles is 1. The Labute approximate surface area is 159 Å². The number of anilines is 1. The molecule has 0 spiro atoms. The molecule has 0 aliphatic carbocycles. The second kappa shape index (κ2) is 7.91. The van der Waals surface area contributed by atoms with Gasteiger partial charge >= 0.3 is 0 Å². The van der Waals surface area contributed by atoms with Crippen LogP contribution in [0, 0.1) is 11.3 Å². The van der Waals surface area contributed by atoms with Gasteiger partial charge in [-0.2, -0.15) is 9.57 Å². The van der Waals surface area contributed by atoms with Gasteiger partial charge in [-0.05, 0) is 68.3 Å². The summed E-state index contributed by atoms with van der Waals surface area (Å²) in [7, 11) is -3.55. The quantitative estimate of drug-likeness (QED) is 0.876. The summed E-state index contributed by atoms with van der Waals surface area (Å²) in [4.78, 5) is 12.5. The summed E-state index contributed by atoms with van der Waals surface area (Å²) in [5.74, 6) is -0.338. The molecule has 0 aromatic heterocycles. The molecule has 1 aliphatic heterocycles. The van der Waals surface area contributed by atoms with Gasteiger partial charge in [0, 0.05) is 23.8 Å². The number of hydrogen-bond donors (Lipinski definition) is 1. The van der Waals surface area contributed by atoms with E-state index < -0.39 is 10.0 Å². The van der Waals surface area contributed by atoms with Crippen molar-refractivity contribution in [2.75, 3.05) is 11.9 Å². The number of hydrogen-bond acceptors (Lipinski definition) is 4. The van der Waals surface area contributed by atoms with Gasteiger partial charge in [-0.1, -0.05) is 6.42 Å². The van der Waals surface area contributed by atoms with Gasteiger partial charge in [0.25, 0.3) is 5.91 Å². The van der Waals surface area contributed by atoms with Crippen molar-refractivity contribution in [1.82, 2.24) is 4.31 Å². The first-order valence-corrected chi connectivity index (χ1v) is 10.3. The number of rotatable bonds is 4. The standard InChI is InChI=1S/C20H21N3O3S/c1-15-4-2-3-13-23(15)27(25,26)19-11-7-17(8-12-19)20(24)22-18-9-5-16(14-21)6-10-18/h5-12,15H,2-4,13H2,1H3,(H,22,24). The summed E-state index contributed by atoms with van der Waals surface area (Å²) < 4.78 is 27.2. The Hall–Kier alpha value is -2.69. The van der Waals surface area contributed by atoms with Crippen LogP contribution in [0.4, 0.5) is 5.69 Å². The number of carbonyl (C=O) groups excluding carboxylic acids is 1. The second-order valence-electron chi connectivity index (χ2n) is 6.63. The van der Waals surface area contributed by atoms with Crippen molar-refractivity contribution in [2.45, 2.75) is 37.1 Å². The van der Waals surface area contributed by atoms with Gasteiger partial charge in [0.2, 0.25) is 10.0 Å². The van der Waals surface area contributed by atoms with Crippen molar-refractivity contribution >= 4 is 21.6 Å². The van der Waals surface area contributed by atoms with E-state index >= 15 is 0 Å². The van der Waals surface area contributed by atoms with E-state index in [4.69, 9.17) is 5.26 Å². The molecule has 1 heterocycles. The van der Waals surface area contributed by atoms with E-state index in [0.717, 1.165) is 19.3 Å². The number of piperidine rings is 1. The van der Waals surface area contributed by atoms with E-state index in [-0.39, 0.29) is 16.8 Å². The summed E-state index contributed by atoms with van der Waals surface area (Å²) in [6, 6.07) is 14.5. The third-order valence-corrected chi connectivity index (χ3v) is 6.76. The molecule has 7 heteroatoms. The molecule has 0 saturated carbocycles. The predicted octanol–water partition coefficient (Wildman–Crippen LogP) is 3.37. The largest absolute Gasteiger partial charge is 0.322 e. The molecule has 1 N–H and O–H groups in total. The lowest BCUT2D eigenvalue weighted by Crippen LogP contribution is -2.41. The van der Waals surface area contributed by atoms with Crippen LogP contribution in [0.2, 0.25) is 0 Å². The number of nitrogens with zero attached hydrogens (tertiary/aromatic N) is 2. The number of amides is 1. The van der Waals surface area contributed by atoms with Crippen molar-refractivity contribution in [3.8, 4) is 6.07 Å². The SMILES string of the molecule is CC1CCCCN1S(=O)(=O)c1ccc(C(=O)Nc2ccc(C#N)cc2)cc1. The Kier molecular flexibility index (Phi) is 5.59. The third kappa shape index (κ3) is 4.18. The molecule has 1 fully saturated rings. The maximum atomic E-state index is 12.8. The highest BCUT2D eigenvalue weighted by Crippen LogP contribution is 2.25. The van der Waals surface area contributed by atoms with Gasteiger partial charge in [0.1, 0.15) is 0 Å². The third-order valence-electron chi connectivity index (χ3n) is 4.74. The summed E-state index contributed by atoms with van der Waals surface area (Å²) in [5.41, 5.74) is 1.44. The zero-order chi connectivity index (χ0) is 19.4. The number of sulfonamides is 1. The van der Waals surface area contributed by atoms with Crippen molar-refractivity contribution in [1.29, 1.82) is 5.26 Å². The summed E-state index contributed by atoms with van der Waals surface area (Å²) >= 11 is 0. The Bertz CT molecular complexity index is 961. The van der Waals surface area contributed by atoms with E-state index in [1.54, 1.807) is 28.6 Å². The topological polar surface area (TPSA) is 90.3 Å². The zero-order valence-electron chi connectivity index (χ0n) is 15.1. The molecule has 0 bridgehead atoms. The normalized spacial score (nSPS) is 17.9. The molecule has 27 heavy (non-hydrogen) atoms. The smallest absolute Gasteiger partial charge is 0.255 e. The van der Waals surface area contributed by atoms with Gasteiger partial charge in [0.15, 0.2) is 0 Å². The monoisotopic (exact) mass is 383 g/mol. The van der Waals surface area contributed by atoms with Crippen molar-refractivity contribution in [3.63, 3.8) is 0 Å². The van der Waals surface area contributed by atoms with Gasteiger partial charge in [0.05, 0.1) is 16.5 Å². The van der Waals surface area contributed by atoms with Crippen LogP contribution in [0.3, 0.4) is 0 Å². The van der Waals surface area contributed by atoms with Crippen LogP contribution >= 0.6 is 0 Å². The molecule has 1 atom stereocenters. The lowest BCUT2D eigenvalue weighted by atomic mass is 10.1. The fraction of sp³-hybridized carbons (Fsp3) is 0.300. The highest BCUT2D eigenvalue weighted by atomic mass is 32.2. The first kappa shape index (κ1) is 19.1. The zero-order valence-corrected chi connectivity index (χ0v) is 15.9. The van der Waals surface area contributed by atoms with Gasteiger partial charge in [-0.15, -0.1) is 0 Å². The van der Waals surface area contributed by atoms with Crippen LogP contribution in [0.5, 0.6) is 0 Å². The highest BCUT2D eigenvalue weighted by Gasteiger charge is 2.30. The number of nitrogens with one attached hydrogen (secondary N) is 1. The average Bonchev–Trinajstić information content (AvgIpc) is 2.69. The Morgan fingerprint density at radius 2 is 1.78 bits per heavy atom. The van der Waals surface area contributed by atoms with Crippen LogP contribution < -0.4 is 5.32 Å². The fourth-order valence-corrected chi connectivity index (χ4v) is 4.87. The molecule has 1 saturated heterocycles. The minimum Gasteiger partial charge on any atom is -0.322 e. The summed E-state index contributed by atoms with van der Waals surface area (Å²) in [6.45, 7) is 2.46. The van der Waals surface area contributed by atoms with Crippen LogP contribution in [0.25, 0.3) is 0 Å². The second-order valence-corrected chi connectivity index (χ2v) is 8.52. The Morgan fingerprint density at radius 3 is 2.37 bits per heavy atom. The maximum Gasteiger partial charge on any atom is 0.255 e. The molecular formula is C20H21N3O3S. The fourth-order valence-electron chi connectivity index (χ4n) is 3.17. The molecule has 2 aromatic carbocycles. The van der Waals surface area contributed by atoms with Crippen LogP contribution in [-0.2, 0) is 10.0 Å². The van der Waals surface area contributed by atoms with Crippen LogP contribution in [0.1, 0.15) is 42.1 Å². The number of carbonyl (C=O) groups is 1. The average molecular weight is 383 g/mol. The van der Waals surface area contributed by atoms with Gasteiger partial charge in [-0.25, -0.2) is 8.42 Å². The summed E-state index contributed by atoms with van der Waals surface area (Å²) in [6.07, 6.45) is 2.78. The van der Waals surface area contributed by atoms with E-state index in [1.807, 2.05) is 13.0 Å². The number of benzene rings is 2. The minimum absolute atomic E-state index is 0.0110. The predicted molar refractivity (Wildman–Crippen MR) is 103 cm³/mol. The molecule has 0 radical (unpaired) electrons. The molecule has 6 nitrogen and oxygen atoms in total. The lowest BCUT2D eigenvalue weighted by Gasteiger charge is -2.32. The van der Waals surface area contributed by atoms with Crippen molar-refractivity contribution < 1.29 is 13.2 Å². The Morgan fingerprint density at radius 1 is 1.11 bits per heavy atom.